The van der Waals surface area contributed by atoms with Gasteiger partial charge in [0.1, 0.15) is 0 Å². The molecule has 0 unspecified atom stereocenters. The Balaban J connectivity index is 2.52. The number of aryl methyl sites for hydroxylation is 2. The molecule has 2 rings (SSSR count). The van der Waals surface area contributed by atoms with Crippen LogP contribution in [-0.2, 0) is 10.0 Å². The second-order valence-corrected chi connectivity index (χ2v) is 6.46. The van der Waals surface area contributed by atoms with E-state index in [0.717, 1.165) is 11.1 Å². The average molecular weight is 275 g/mol. The average Bonchev–Trinajstić information content (AvgIpc) is 2.39. The quantitative estimate of drug-likeness (QED) is 0.863. The summed E-state index contributed by atoms with van der Waals surface area (Å²) in [6.07, 6.45) is 0. The van der Waals surface area contributed by atoms with Gasteiger partial charge in [-0.15, -0.1) is 0 Å². The number of anilines is 1. The van der Waals surface area contributed by atoms with Gasteiger partial charge >= 0.3 is 0 Å². The molecule has 19 heavy (non-hydrogen) atoms. The van der Waals surface area contributed by atoms with Crippen LogP contribution in [0.2, 0.25) is 0 Å². The summed E-state index contributed by atoms with van der Waals surface area (Å²) in [6.45, 7) is 3.71. The minimum absolute atomic E-state index is 0.348. The lowest BCUT2D eigenvalue weighted by atomic mass is 10.2. The van der Waals surface area contributed by atoms with Crippen molar-refractivity contribution in [1.29, 1.82) is 0 Å². The second-order valence-electron chi connectivity index (χ2n) is 4.52. The topological polar surface area (TPSA) is 37.4 Å². The van der Waals surface area contributed by atoms with Crippen LogP contribution in [0.1, 0.15) is 11.1 Å². The summed E-state index contributed by atoms with van der Waals surface area (Å²) < 4.78 is 26.6. The van der Waals surface area contributed by atoms with E-state index in [-0.39, 0.29) is 0 Å². The van der Waals surface area contributed by atoms with Crippen molar-refractivity contribution in [3.8, 4) is 0 Å². The van der Waals surface area contributed by atoms with E-state index in [2.05, 4.69) is 0 Å². The Kier molecular flexibility index (Phi) is 3.62. The highest BCUT2D eigenvalue weighted by molar-refractivity contribution is 7.92. The van der Waals surface area contributed by atoms with Crippen molar-refractivity contribution in [2.75, 3.05) is 11.4 Å². The van der Waals surface area contributed by atoms with Crippen molar-refractivity contribution >= 4 is 15.7 Å². The van der Waals surface area contributed by atoms with Gasteiger partial charge in [-0.1, -0.05) is 36.4 Å². The van der Waals surface area contributed by atoms with E-state index in [9.17, 15) is 8.42 Å². The van der Waals surface area contributed by atoms with Gasteiger partial charge in [0.05, 0.1) is 10.6 Å². The lowest BCUT2D eigenvalue weighted by Gasteiger charge is -2.22. The number of para-hydroxylation sites is 1. The Bertz CT molecular complexity index is 693. The largest absolute Gasteiger partial charge is 0.269 e. The summed E-state index contributed by atoms with van der Waals surface area (Å²) in [4.78, 5) is 0.348. The lowest BCUT2D eigenvalue weighted by molar-refractivity contribution is 0.593. The fraction of sp³-hybridized carbons (Fsp3) is 0.200. The Morgan fingerprint density at radius 2 is 1.37 bits per heavy atom. The van der Waals surface area contributed by atoms with Gasteiger partial charge in [-0.2, -0.15) is 0 Å². The van der Waals surface area contributed by atoms with E-state index >= 15 is 0 Å². The van der Waals surface area contributed by atoms with Gasteiger partial charge in [-0.25, -0.2) is 8.42 Å². The number of sulfonamides is 1. The minimum atomic E-state index is -3.51. The predicted octanol–water partition coefficient (Wildman–Crippen LogP) is 3.13. The predicted molar refractivity (Wildman–Crippen MR) is 77.9 cm³/mol. The molecule has 0 bridgehead atoms. The molecular weight excluding hydrogens is 258 g/mol. The number of benzene rings is 2. The molecule has 2 aromatic rings. The zero-order valence-electron chi connectivity index (χ0n) is 11.3. The molecule has 0 amide bonds. The van der Waals surface area contributed by atoms with Crippen molar-refractivity contribution in [3.05, 3.63) is 59.7 Å². The first-order valence-corrected chi connectivity index (χ1v) is 7.49. The third-order valence-electron chi connectivity index (χ3n) is 3.19. The van der Waals surface area contributed by atoms with Crippen molar-refractivity contribution in [3.63, 3.8) is 0 Å². The summed E-state index contributed by atoms with van der Waals surface area (Å²) in [5, 5.41) is 0. The fourth-order valence-electron chi connectivity index (χ4n) is 2.04. The van der Waals surface area contributed by atoms with Crippen molar-refractivity contribution < 1.29 is 8.42 Å². The SMILES string of the molecule is Cc1ccccc1N(C)S(=O)(=O)c1ccccc1C. The molecule has 0 fully saturated rings. The molecule has 0 saturated heterocycles. The van der Waals surface area contributed by atoms with Crippen LogP contribution in [0.5, 0.6) is 0 Å². The molecule has 100 valence electrons. The van der Waals surface area contributed by atoms with Crippen molar-refractivity contribution in [1.82, 2.24) is 0 Å². The van der Waals surface area contributed by atoms with Gasteiger partial charge in [0.15, 0.2) is 0 Å². The smallest absolute Gasteiger partial charge is 0.264 e. The maximum absolute atomic E-state index is 12.6. The molecule has 2 aromatic carbocycles. The van der Waals surface area contributed by atoms with Crippen LogP contribution >= 0.6 is 0 Å². The molecule has 4 heteroatoms. The zero-order valence-corrected chi connectivity index (χ0v) is 12.1. The fourth-order valence-corrected chi connectivity index (χ4v) is 3.52. The minimum Gasteiger partial charge on any atom is -0.269 e. The summed E-state index contributed by atoms with van der Waals surface area (Å²) in [6, 6.07) is 14.5. The summed E-state index contributed by atoms with van der Waals surface area (Å²) in [5.74, 6) is 0. The Labute approximate surface area is 114 Å². The second kappa shape index (κ2) is 5.05. The van der Waals surface area contributed by atoms with Gasteiger partial charge in [0, 0.05) is 7.05 Å². The zero-order chi connectivity index (χ0) is 14.0. The van der Waals surface area contributed by atoms with Crippen LogP contribution in [0, 0.1) is 13.8 Å². The first-order chi connectivity index (χ1) is 8.94. The third-order valence-corrected chi connectivity index (χ3v) is 5.12. The van der Waals surface area contributed by atoms with Crippen LogP contribution in [-0.4, -0.2) is 15.5 Å². The summed E-state index contributed by atoms with van der Waals surface area (Å²) in [5.41, 5.74) is 2.39. The van der Waals surface area contributed by atoms with E-state index in [1.54, 1.807) is 32.2 Å². The molecule has 0 aliphatic heterocycles. The molecular formula is C15H17NO2S. The highest BCUT2D eigenvalue weighted by Crippen LogP contribution is 2.26. The normalized spacial score (nSPS) is 11.3. The summed E-state index contributed by atoms with van der Waals surface area (Å²) in [7, 11) is -1.92. The Morgan fingerprint density at radius 1 is 0.842 bits per heavy atom. The number of nitrogens with zero attached hydrogens (tertiary/aromatic N) is 1. The Morgan fingerprint density at radius 3 is 1.95 bits per heavy atom. The molecule has 0 aliphatic rings. The molecule has 0 saturated carbocycles. The molecule has 3 nitrogen and oxygen atoms in total. The van der Waals surface area contributed by atoms with E-state index in [0.29, 0.717) is 10.6 Å². The number of hydrogen-bond acceptors (Lipinski definition) is 2. The van der Waals surface area contributed by atoms with E-state index in [1.807, 2.05) is 37.3 Å². The molecule has 0 N–H and O–H groups in total. The molecule has 0 aromatic heterocycles. The standard InChI is InChI=1S/C15H17NO2S/c1-12-8-4-6-10-14(12)16(3)19(17,18)15-11-7-5-9-13(15)2/h4-11H,1-3H3. The van der Waals surface area contributed by atoms with Crippen LogP contribution in [0.15, 0.2) is 53.4 Å². The van der Waals surface area contributed by atoms with E-state index in [4.69, 9.17) is 0 Å². The van der Waals surface area contributed by atoms with Crippen molar-refractivity contribution in [2.45, 2.75) is 18.7 Å². The first-order valence-electron chi connectivity index (χ1n) is 6.05. The van der Waals surface area contributed by atoms with Gasteiger partial charge in [-0.05, 0) is 37.1 Å². The van der Waals surface area contributed by atoms with Crippen LogP contribution in [0.25, 0.3) is 0 Å². The molecule has 0 spiro atoms. The van der Waals surface area contributed by atoms with Gasteiger partial charge < -0.3 is 0 Å². The maximum Gasteiger partial charge on any atom is 0.264 e. The van der Waals surface area contributed by atoms with Gasteiger partial charge in [0.2, 0.25) is 0 Å². The molecule has 0 atom stereocenters. The monoisotopic (exact) mass is 275 g/mol. The lowest BCUT2D eigenvalue weighted by Crippen LogP contribution is -2.27. The van der Waals surface area contributed by atoms with Crippen LogP contribution in [0.4, 0.5) is 5.69 Å². The molecule has 0 radical (unpaired) electrons. The first kappa shape index (κ1) is 13.6. The van der Waals surface area contributed by atoms with Crippen molar-refractivity contribution in [2.24, 2.45) is 0 Å². The van der Waals surface area contributed by atoms with E-state index in [1.165, 1.54) is 4.31 Å². The maximum atomic E-state index is 12.6. The van der Waals surface area contributed by atoms with Gasteiger partial charge in [-0.3, -0.25) is 4.31 Å². The van der Waals surface area contributed by atoms with Crippen LogP contribution < -0.4 is 4.31 Å². The number of rotatable bonds is 3. The highest BCUT2D eigenvalue weighted by Gasteiger charge is 2.23. The number of hydrogen-bond donors (Lipinski definition) is 0. The molecule has 0 heterocycles. The highest BCUT2D eigenvalue weighted by atomic mass is 32.2. The Hall–Kier alpha value is -1.81. The molecule has 0 aliphatic carbocycles. The van der Waals surface area contributed by atoms with Crippen LogP contribution in [0.3, 0.4) is 0 Å². The summed E-state index contributed by atoms with van der Waals surface area (Å²) >= 11 is 0. The third kappa shape index (κ3) is 2.49. The van der Waals surface area contributed by atoms with Gasteiger partial charge in [0.25, 0.3) is 10.0 Å². The van der Waals surface area contributed by atoms with E-state index < -0.39 is 10.0 Å².